The van der Waals surface area contributed by atoms with Crippen LogP contribution in [-0.4, -0.2) is 0 Å². The highest BCUT2D eigenvalue weighted by Gasteiger charge is 2.52. The summed E-state index contributed by atoms with van der Waals surface area (Å²) in [5.74, 6) is 3.75. The summed E-state index contributed by atoms with van der Waals surface area (Å²) in [7, 11) is 0. The van der Waals surface area contributed by atoms with Gasteiger partial charge in [-0.25, -0.2) is 8.78 Å². The van der Waals surface area contributed by atoms with Crippen molar-refractivity contribution in [1.82, 2.24) is 0 Å². The van der Waals surface area contributed by atoms with Crippen molar-refractivity contribution in [2.75, 3.05) is 4.90 Å². The van der Waals surface area contributed by atoms with Crippen LogP contribution in [0.5, 0.6) is 34.5 Å². The zero-order chi connectivity index (χ0) is 69.0. The molecule has 0 N–H and O–H groups in total. The van der Waals surface area contributed by atoms with E-state index in [0.29, 0.717) is 23.0 Å². The molecule has 0 amide bonds. The van der Waals surface area contributed by atoms with E-state index >= 15 is 8.78 Å². The highest BCUT2D eigenvalue weighted by atomic mass is 19.1. The lowest BCUT2D eigenvalue weighted by molar-refractivity contribution is 0.438. The van der Waals surface area contributed by atoms with E-state index in [0.717, 1.165) is 129 Å². The quantitative estimate of drug-likeness (QED) is 0.109. The lowest BCUT2D eigenvalue weighted by Crippen LogP contribution is -2.32. The third kappa shape index (κ3) is 9.34. The number of anilines is 3. The predicted molar refractivity (Wildman–Crippen MR) is 412 cm³/mol. The molecule has 0 fully saturated rings. The van der Waals surface area contributed by atoms with Crippen molar-refractivity contribution in [3.8, 4) is 79.0 Å². The molecule has 15 aromatic rings. The SMILES string of the molecule is C=Cc1ccc(Oc2ccc(C3(c4ccc(F)cc4)c4ccccc4-c4ccc(N(c5ccc(-c6cccc7c6Oc6ccccc6C76c7ccccc7-c7ccccc76)cc5)c5ccc6c(c5)C(c5ccc(F)cc5)(c5ccc(Oc7ccc(C=C)cc7)cc5)c5ccccc5-6)cc43)cc2)cc1. The van der Waals surface area contributed by atoms with E-state index in [-0.39, 0.29) is 11.6 Å². The van der Waals surface area contributed by atoms with E-state index in [2.05, 4.69) is 243 Å². The molecule has 0 saturated heterocycles. The molecule has 15 aromatic carbocycles. The normalized spacial score (nSPS) is 15.6. The van der Waals surface area contributed by atoms with E-state index < -0.39 is 16.2 Å². The van der Waals surface area contributed by atoms with Crippen LogP contribution in [0.3, 0.4) is 0 Å². The maximum absolute atomic E-state index is 15.5. The number of nitrogens with zero attached hydrogens (tertiary/aromatic N) is 1. The summed E-state index contributed by atoms with van der Waals surface area (Å²) < 4.78 is 51.3. The molecule has 2 unspecified atom stereocenters. The molecule has 4 aliphatic rings. The van der Waals surface area contributed by atoms with Crippen LogP contribution in [-0.2, 0) is 16.2 Å². The number of para-hydroxylation sites is 2. The molecule has 19 rings (SSSR count). The first-order chi connectivity index (χ1) is 50.7. The molecule has 6 heteroatoms. The number of hydrogen-bond acceptors (Lipinski definition) is 4. The van der Waals surface area contributed by atoms with Crippen LogP contribution in [0.4, 0.5) is 25.8 Å². The smallest absolute Gasteiger partial charge is 0.140 e. The van der Waals surface area contributed by atoms with Gasteiger partial charge in [0, 0.05) is 33.8 Å². The summed E-state index contributed by atoms with van der Waals surface area (Å²) in [6.07, 6.45) is 3.63. The Labute approximate surface area is 597 Å². The Hall–Kier alpha value is -13.2. The minimum absolute atomic E-state index is 0.324. The van der Waals surface area contributed by atoms with Crippen LogP contribution in [0, 0.1) is 11.6 Å². The van der Waals surface area contributed by atoms with Gasteiger partial charge in [0.1, 0.15) is 46.1 Å². The summed E-state index contributed by atoms with van der Waals surface area (Å²) in [5.41, 5.74) is 23.4. The van der Waals surface area contributed by atoms with Crippen LogP contribution in [0.2, 0.25) is 0 Å². The van der Waals surface area contributed by atoms with Crippen molar-refractivity contribution in [3.05, 3.63) is 448 Å². The molecule has 0 radical (unpaired) electrons. The van der Waals surface area contributed by atoms with Gasteiger partial charge >= 0.3 is 0 Å². The maximum Gasteiger partial charge on any atom is 0.140 e. The second-order valence-electron chi connectivity index (χ2n) is 26.9. The minimum Gasteiger partial charge on any atom is -0.457 e. The molecule has 488 valence electrons. The Bertz CT molecular complexity index is 5600. The number of halogens is 2. The van der Waals surface area contributed by atoms with Gasteiger partial charge in [-0.05, 0) is 221 Å². The Morgan fingerprint density at radius 3 is 1.03 bits per heavy atom. The number of benzene rings is 15. The van der Waals surface area contributed by atoms with Crippen LogP contribution >= 0.6 is 0 Å². The first-order valence-electron chi connectivity index (χ1n) is 34.8. The van der Waals surface area contributed by atoms with Crippen molar-refractivity contribution >= 4 is 29.2 Å². The molecule has 0 aromatic heterocycles. The first-order valence-corrected chi connectivity index (χ1v) is 34.8. The second-order valence-corrected chi connectivity index (χ2v) is 26.9. The maximum atomic E-state index is 15.5. The fourth-order valence-electron chi connectivity index (χ4n) is 17.3. The summed E-state index contributed by atoms with van der Waals surface area (Å²) in [5, 5.41) is 0. The van der Waals surface area contributed by atoms with Gasteiger partial charge in [-0.15, -0.1) is 0 Å². The van der Waals surface area contributed by atoms with E-state index in [1.54, 1.807) is 24.3 Å². The lowest BCUT2D eigenvalue weighted by Gasteiger charge is -2.40. The summed E-state index contributed by atoms with van der Waals surface area (Å²) >= 11 is 0. The van der Waals surface area contributed by atoms with Gasteiger partial charge in [-0.1, -0.05) is 256 Å². The van der Waals surface area contributed by atoms with Crippen LogP contribution < -0.4 is 19.1 Å². The van der Waals surface area contributed by atoms with E-state index in [1.165, 1.54) is 22.3 Å². The van der Waals surface area contributed by atoms with Crippen LogP contribution in [0.1, 0.15) is 77.9 Å². The Morgan fingerprint density at radius 1 is 0.282 bits per heavy atom. The highest BCUT2D eigenvalue weighted by Crippen LogP contribution is 2.65. The van der Waals surface area contributed by atoms with Gasteiger partial charge < -0.3 is 19.1 Å². The summed E-state index contributed by atoms with van der Waals surface area (Å²) in [4.78, 5) is 2.36. The van der Waals surface area contributed by atoms with Gasteiger partial charge in [0.2, 0.25) is 0 Å². The van der Waals surface area contributed by atoms with Crippen molar-refractivity contribution in [2.24, 2.45) is 0 Å². The average molecular weight is 1330 g/mol. The van der Waals surface area contributed by atoms with E-state index in [1.807, 2.05) is 109 Å². The highest BCUT2D eigenvalue weighted by molar-refractivity contribution is 5.94. The fourth-order valence-corrected chi connectivity index (χ4v) is 17.3. The van der Waals surface area contributed by atoms with Crippen molar-refractivity contribution in [1.29, 1.82) is 0 Å². The third-order valence-corrected chi connectivity index (χ3v) is 21.7. The topological polar surface area (TPSA) is 30.9 Å². The molecular formula is C97H63F2NO3. The zero-order valence-electron chi connectivity index (χ0n) is 55.9. The number of rotatable bonds is 14. The van der Waals surface area contributed by atoms with Gasteiger partial charge in [0.05, 0.1) is 16.2 Å². The molecule has 1 spiro atoms. The molecular weight excluding hydrogens is 1270 g/mol. The molecule has 4 nitrogen and oxygen atoms in total. The average Bonchev–Trinajstić information content (AvgIpc) is 1.59. The van der Waals surface area contributed by atoms with Crippen molar-refractivity contribution in [2.45, 2.75) is 16.2 Å². The number of ether oxygens (including phenoxy) is 3. The van der Waals surface area contributed by atoms with Gasteiger partial charge in [0.15, 0.2) is 0 Å². The largest absolute Gasteiger partial charge is 0.457 e. The van der Waals surface area contributed by atoms with E-state index in [9.17, 15) is 0 Å². The molecule has 2 atom stereocenters. The monoisotopic (exact) mass is 1330 g/mol. The molecule has 3 aliphatic carbocycles. The first kappa shape index (κ1) is 61.0. The molecule has 1 aliphatic heterocycles. The summed E-state index contributed by atoms with van der Waals surface area (Å²) in [6, 6.07) is 119. The van der Waals surface area contributed by atoms with Crippen molar-refractivity contribution < 1.29 is 23.0 Å². The van der Waals surface area contributed by atoms with Gasteiger partial charge in [0.25, 0.3) is 0 Å². The molecule has 103 heavy (non-hydrogen) atoms. The van der Waals surface area contributed by atoms with Crippen LogP contribution in [0.15, 0.2) is 359 Å². The third-order valence-electron chi connectivity index (χ3n) is 21.7. The molecule has 0 bridgehead atoms. The number of hydrogen-bond donors (Lipinski definition) is 0. The van der Waals surface area contributed by atoms with Gasteiger partial charge in [-0.2, -0.15) is 0 Å². The Balaban J connectivity index is 0.815. The Kier molecular flexibility index (Phi) is 14.2. The van der Waals surface area contributed by atoms with Gasteiger partial charge in [-0.3, -0.25) is 0 Å². The molecule has 0 saturated carbocycles. The Morgan fingerprint density at radius 2 is 0.612 bits per heavy atom. The minimum atomic E-state index is -0.944. The number of fused-ring (bicyclic) bond motifs is 15. The zero-order valence-corrected chi connectivity index (χ0v) is 55.9. The fraction of sp³-hybridized carbons (Fsp3) is 0.0309. The van der Waals surface area contributed by atoms with Crippen molar-refractivity contribution in [3.63, 3.8) is 0 Å². The van der Waals surface area contributed by atoms with Crippen LogP contribution in [0.25, 0.3) is 56.7 Å². The molecule has 1 heterocycles. The predicted octanol–water partition coefficient (Wildman–Crippen LogP) is 25.2. The summed E-state index contributed by atoms with van der Waals surface area (Å²) in [6.45, 7) is 7.87. The lowest BCUT2D eigenvalue weighted by atomic mass is 9.65. The standard InChI is InChI=1S/C97H63F2NO3/c1-3-62-28-50-74(51-29-62)101-76-54-38-67(39-55-76)95(65-34-42-69(98)43-35-65)85-21-9-5-18-81(85)83-58-48-72(60-91(83)95)100(71-46-32-64(33-47-71)78-20-15-26-90-94(78)103-93-27-14-13-25-89(93)97(90)87-23-11-7-16-79(87)80-17-8-12-24-88(80)97)73-49-59-84-82-19-6-10-22-86(82)96(92(84)61-73,66-36-44-70(99)45-37-66)68-40-56-77(57-41-68)102-75-52-30-63(4-2)31-53-75/h3-61H,1-2H2. The van der Waals surface area contributed by atoms with E-state index in [4.69, 9.17) is 14.2 Å². The second kappa shape index (κ2) is 24.0.